The van der Waals surface area contributed by atoms with Crippen LogP contribution in [0.1, 0.15) is 30.6 Å². The van der Waals surface area contributed by atoms with Gasteiger partial charge in [-0.2, -0.15) is 0 Å². The number of hydrogen-bond donors (Lipinski definition) is 2. The van der Waals surface area contributed by atoms with Gasteiger partial charge in [0.25, 0.3) is 5.91 Å². The van der Waals surface area contributed by atoms with E-state index in [0.717, 1.165) is 12.5 Å². The largest absolute Gasteiger partial charge is 0.398 e. The molecule has 16 heavy (non-hydrogen) atoms. The second-order valence-electron chi connectivity index (χ2n) is 3.96. The van der Waals surface area contributed by atoms with Crippen molar-refractivity contribution < 1.29 is 9.18 Å². The Balaban J connectivity index is 2.69. The lowest BCUT2D eigenvalue weighted by molar-refractivity contribution is 0.0948. The van der Waals surface area contributed by atoms with E-state index in [2.05, 4.69) is 5.32 Å². The van der Waals surface area contributed by atoms with Gasteiger partial charge in [0.05, 0.1) is 5.56 Å². The van der Waals surface area contributed by atoms with Gasteiger partial charge in [-0.25, -0.2) is 4.39 Å². The zero-order chi connectivity index (χ0) is 12.1. The minimum absolute atomic E-state index is 0.198. The third kappa shape index (κ3) is 3.22. The van der Waals surface area contributed by atoms with Crippen molar-refractivity contribution in [3.8, 4) is 0 Å². The highest BCUT2D eigenvalue weighted by Gasteiger charge is 2.11. The molecule has 4 heteroatoms. The minimum Gasteiger partial charge on any atom is -0.398 e. The second-order valence-corrected chi connectivity index (χ2v) is 3.96. The standard InChI is InChI=1S/C12H17FN2O/c1-3-8(2)7-15-12(16)10-6-9(13)4-5-11(10)14/h4-6,8H,3,7,14H2,1-2H3,(H,15,16). The third-order valence-corrected chi connectivity index (χ3v) is 2.57. The number of benzene rings is 1. The van der Waals surface area contributed by atoms with Crippen molar-refractivity contribution in [2.24, 2.45) is 5.92 Å². The summed E-state index contributed by atoms with van der Waals surface area (Å²) in [5, 5.41) is 2.73. The van der Waals surface area contributed by atoms with Crippen molar-refractivity contribution in [2.75, 3.05) is 12.3 Å². The number of carbonyl (C=O) groups excluding carboxylic acids is 1. The van der Waals surface area contributed by atoms with E-state index in [-0.39, 0.29) is 11.5 Å². The lowest BCUT2D eigenvalue weighted by Crippen LogP contribution is -2.28. The number of rotatable bonds is 4. The summed E-state index contributed by atoms with van der Waals surface area (Å²) >= 11 is 0. The van der Waals surface area contributed by atoms with Crippen LogP contribution < -0.4 is 11.1 Å². The number of nitrogens with one attached hydrogen (secondary N) is 1. The topological polar surface area (TPSA) is 55.1 Å². The molecule has 0 saturated carbocycles. The van der Waals surface area contributed by atoms with Crippen LogP contribution in [0.15, 0.2) is 18.2 Å². The summed E-state index contributed by atoms with van der Waals surface area (Å²) in [6.45, 7) is 4.66. The van der Waals surface area contributed by atoms with Crippen LogP contribution >= 0.6 is 0 Å². The molecular weight excluding hydrogens is 207 g/mol. The monoisotopic (exact) mass is 224 g/mol. The first-order chi connectivity index (χ1) is 7.54. The van der Waals surface area contributed by atoms with E-state index in [0.29, 0.717) is 18.2 Å². The molecule has 1 amide bonds. The van der Waals surface area contributed by atoms with Crippen LogP contribution in [0.3, 0.4) is 0 Å². The molecule has 0 spiro atoms. The Morgan fingerprint density at radius 3 is 2.88 bits per heavy atom. The molecule has 1 aromatic rings. The average Bonchev–Trinajstić information content (AvgIpc) is 2.28. The van der Waals surface area contributed by atoms with Crippen molar-refractivity contribution in [2.45, 2.75) is 20.3 Å². The molecule has 0 saturated heterocycles. The quantitative estimate of drug-likeness (QED) is 0.770. The third-order valence-electron chi connectivity index (χ3n) is 2.57. The molecule has 3 N–H and O–H groups in total. The molecule has 1 rings (SSSR count). The van der Waals surface area contributed by atoms with Gasteiger partial charge in [-0.1, -0.05) is 20.3 Å². The fourth-order valence-electron chi connectivity index (χ4n) is 1.23. The Kier molecular flexibility index (Phi) is 4.28. The van der Waals surface area contributed by atoms with Gasteiger partial charge in [0.15, 0.2) is 0 Å². The van der Waals surface area contributed by atoms with Crippen molar-refractivity contribution >= 4 is 11.6 Å². The molecular formula is C12H17FN2O. The summed E-state index contributed by atoms with van der Waals surface area (Å²) in [7, 11) is 0. The molecule has 0 aliphatic carbocycles. The number of nitrogens with two attached hydrogens (primary N) is 1. The number of carbonyl (C=O) groups is 1. The fraction of sp³-hybridized carbons (Fsp3) is 0.417. The molecule has 1 unspecified atom stereocenters. The van der Waals surface area contributed by atoms with Crippen LogP contribution in [0.25, 0.3) is 0 Å². The predicted octanol–water partition coefficient (Wildman–Crippen LogP) is 2.18. The molecule has 0 bridgehead atoms. The van der Waals surface area contributed by atoms with Gasteiger partial charge in [0.2, 0.25) is 0 Å². The van der Waals surface area contributed by atoms with E-state index < -0.39 is 5.82 Å². The Morgan fingerprint density at radius 2 is 2.25 bits per heavy atom. The molecule has 0 radical (unpaired) electrons. The van der Waals surface area contributed by atoms with Crippen molar-refractivity contribution in [1.82, 2.24) is 5.32 Å². The molecule has 3 nitrogen and oxygen atoms in total. The highest BCUT2D eigenvalue weighted by atomic mass is 19.1. The molecule has 1 atom stereocenters. The normalized spacial score (nSPS) is 12.2. The maximum atomic E-state index is 12.9. The van der Waals surface area contributed by atoms with Crippen molar-refractivity contribution in [3.05, 3.63) is 29.6 Å². The van der Waals surface area contributed by atoms with Crippen LogP contribution in [0.2, 0.25) is 0 Å². The van der Waals surface area contributed by atoms with Crippen LogP contribution in [-0.4, -0.2) is 12.5 Å². The van der Waals surface area contributed by atoms with E-state index in [1.165, 1.54) is 12.1 Å². The van der Waals surface area contributed by atoms with Gasteiger partial charge in [0, 0.05) is 12.2 Å². The van der Waals surface area contributed by atoms with Crippen molar-refractivity contribution in [3.63, 3.8) is 0 Å². The summed E-state index contributed by atoms with van der Waals surface area (Å²) in [5.41, 5.74) is 6.09. The maximum absolute atomic E-state index is 12.9. The lowest BCUT2D eigenvalue weighted by Gasteiger charge is -2.11. The number of nitrogen functional groups attached to an aromatic ring is 1. The molecule has 0 fully saturated rings. The Labute approximate surface area is 94.8 Å². The second kappa shape index (κ2) is 5.49. The predicted molar refractivity (Wildman–Crippen MR) is 62.6 cm³/mol. The van der Waals surface area contributed by atoms with Gasteiger partial charge in [0.1, 0.15) is 5.82 Å². The molecule has 0 heterocycles. The zero-order valence-corrected chi connectivity index (χ0v) is 9.59. The van der Waals surface area contributed by atoms with Crippen LogP contribution in [0.5, 0.6) is 0 Å². The highest BCUT2D eigenvalue weighted by Crippen LogP contribution is 2.13. The first kappa shape index (κ1) is 12.5. The van der Waals surface area contributed by atoms with Gasteiger partial charge >= 0.3 is 0 Å². The molecule has 0 aliphatic heterocycles. The smallest absolute Gasteiger partial charge is 0.253 e. The van der Waals surface area contributed by atoms with E-state index in [1.54, 1.807) is 0 Å². The average molecular weight is 224 g/mol. The van der Waals surface area contributed by atoms with Gasteiger partial charge in [-0.05, 0) is 24.1 Å². The van der Waals surface area contributed by atoms with Crippen LogP contribution in [-0.2, 0) is 0 Å². The summed E-state index contributed by atoms with van der Waals surface area (Å²) in [5.74, 6) is -0.376. The van der Waals surface area contributed by atoms with E-state index in [4.69, 9.17) is 5.73 Å². The first-order valence-electron chi connectivity index (χ1n) is 5.37. The number of halogens is 1. The van der Waals surface area contributed by atoms with Gasteiger partial charge in [-0.15, -0.1) is 0 Å². The molecule has 88 valence electrons. The fourth-order valence-corrected chi connectivity index (χ4v) is 1.23. The van der Waals surface area contributed by atoms with E-state index in [1.807, 2.05) is 13.8 Å². The Hall–Kier alpha value is -1.58. The maximum Gasteiger partial charge on any atom is 0.253 e. The SMILES string of the molecule is CCC(C)CNC(=O)c1cc(F)ccc1N. The summed E-state index contributed by atoms with van der Waals surface area (Å²) in [6.07, 6.45) is 0.985. The molecule has 0 aromatic heterocycles. The number of hydrogen-bond acceptors (Lipinski definition) is 2. The zero-order valence-electron chi connectivity index (χ0n) is 9.59. The summed E-state index contributed by atoms with van der Waals surface area (Å²) in [4.78, 5) is 11.7. The minimum atomic E-state index is -0.456. The summed E-state index contributed by atoms with van der Waals surface area (Å²) < 4.78 is 12.9. The van der Waals surface area contributed by atoms with Crippen molar-refractivity contribution in [1.29, 1.82) is 0 Å². The molecule has 0 aliphatic rings. The Bertz CT molecular complexity index is 379. The Morgan fingerprint density at radius 1 is 1.56 bits per heavy atom. The van der Waals surface area contributed by atoms with Gasteiger partial charge in [-0.3, -0.25) is 4.79 Å². The first-order valence-corrected chi connectivity index (χ1v) is 5.37. The number of amides is 1. The lowest BCUT2D eigenvalue weighted by atomic mass is 10.1. The van der Waals surface area contributed by atoms with Gasteiger partial charge < -0.3 is 11.1 Å². The van der Waals surface area contributed by atoms with E-state index >= 15 is 0 Å². The highest BCUT2D eigenvalue weighted by molar-refractivity contribution is 5.99. The number of anilines is 1. The molecule has 1 aromatic carbocycles. The van der Waals surface area contributed by atoms with Crippen LogP contribution in [0, 0.1) is 11.7 Å². The van der Waals surface area contributed by atoms with Crippen LogP contribution in [0.4, 0.5) is 10.1 Å². The van der Waals surface area contributed by atoms with E-state index in [9.17, 15) is 9.18 Å². The summed E-state index contributed by atoms with van der Waals surface area (Å²) in [6, 6.07) is 3.79.